The number of piperazine rings is 1. The van der Waals surface area contributed by atoms with Crippen LogP contribution >= 0.6 is 11.8 Å². The highest BCUT2D eigenvalue weighted by Gasteiger charge is 2.42. The number of nitrogens with zero attached hydrogens (tertiary/aromatic N) is 2. The van der Waals surface area contributed by atoms with Gasteiger partial charge in [-0.3, -0.25) is 10.2 Å². The molecule has 0 aromatic heterocycles. The predicted molar refractivity (Wildman–Crippen MR) is 116 cm³/mol. The molecule has 2 aromatic rings. The molecule has 6 heteroatoms. The van der Waals surface area contributed by atoms with Crippen molar-refractivity contribution < 1.29 is 9.53 Å². The molecule has 0 aliphatic carbocycles. The second-order valence-corrected chi connectivity index (χ2v) is 8.86. The van der Waals surface area contributed by atoms with E-state index in [4.69, 9.17) is 10.1 Å². The third-order valence-corrected chi connectivity index (χ3v) is 7.04. The van der Waals surface area contributed by atoms with Crippen LogP contribution in [0.1, 0.15) is 36.5 Å². The van der Waals surface area contributed by atoms with Gasteiger partial charge in [0.25, 0.3) is 6.02 Å². The quantitative estimate of drug-likeness (QED) is 0.603. The van der Waals surface area contributed by atoms with E-state index in [2.05, 4.69) is 62.4 Å². The van der Waals surface area contributed by atoms with Crippen LogP contribution in [0.15, 0.2) is 53.4 Å². The van der Waals surface area contributed by atoms with Gasteiger partial charge >= 0.3 is 0 Å². The minimum Gasteiger partial charge on any atom is -0.469 e. The molecule has 0 saturated carbocycles. The van der Waals surface area contributed by atoms with Gasteiger partial charge in [0.15, 0.2) is 0 Å². The monoisotopic (exact) mass is 409 g/mol. The maximum Gasteiger partial charge on any atom is 0.284 e. The molecule has 1 saturated heterocycles. The smallest absolute Gasteiger partial charge is 0.284 e. The second kappa shape index (κ2) is 8.11. The predicted octanol–water partition coefficient (Wildman–Crippen LogP) is 3.93. The zero-order chi connectivity index (χ0) is 20.5. The number of amidine groups is 1. The number of methoxy groups -OCH3 is 1. The highest BCUT2D eigenvalue weighted by atomic mass is 32.2. The lowest BCUT2D eigenvalue weighted by Crippen LogP contribution is -2.61. The lowest BCUT2D eigenvalue weighted by molar-refractivity contribution is -0.139. The molecule has 2 heterocycles. The van der Waals surface area contributed by atoms with Crippen molar-refractivity contribution in [2.75, 3.05) is 20.2 Å². The largest absolute Gasteiger partial charge is 0.469 e. The Labute approximate surface area is 176 Å². The first-order valence-electron chi connectivity index (χ1n) is 9.99. The third kappa shape index (κ3) is 3.62. The van der Waals surface area contributed by atoms with Gasteiger partial charge in [-0.2, -0.15) is 0 Å². The summed E-state index contributed by atoms with van der Waals surface area (Å²) in [4.78, 5) is 17.8. The molecule has 0 bridgehead atoms. The van der Waals surface area contributed by atoms with Crippen molar-refractivity contribution in [3.05, 3.63) is 65.2 Å². The molecule has 1 amide bonds. The Morgan fingerprint density at radius 3 is 2.55 bits per heavy atom. The van der Waals surface area contributed by atoms with Gasteiger partial charge in [0.2, 0.25) is 5.91 Å². The molecule has 2 unspecified atom stereocenters. The summed E-state index contributed by atoms with van der Waals surface area (Å²) in [6.07, 6.45) is 0. The number of carbonyl (C=O) groups excluding carboxylic acids is 1. The fourth-order valence-electron chi connectivity index (χ4n) is 4.46. The van der Waals surface area contributed by atoms with Crippen LogP contribution in [0.3, 0.4) is 0 Å². The fourth-order valence-corrected chi connectivity index (χ4v) is 5.57. The van der Waals surface area contributed by atoms with E-state index in [1.54, 1.807) is 0 Å². The van der Waals surface area contributed by atoms with Crippen LogP contribution in [0.5, 0.6) is 0 Å². The number of hydrogen-bond acceptors (Lipinski definition) is 4. The zero-order valence-corrected chi connectivity index (χ0v) is 17.9. The Balaban J connectivity index is 1.87. The molecule has 1 fully saturated rings. The number of benzene rings is 2. The first kappa shape index (κ1) is 19.8. The average molecular weight is 410 g/mol. The average Bonchev–Trinajstić information content (AvgIpc) is 2.90. The van der Waals surface area contributed by atoms with Crippen LogP contribution in [-0.4, -0.2) is 54.0 Å². The van der Waals surface area contributed by atoms with E-state index < -0.39 is 0 Å². The summed E-state index contributed by atoms with van der Waals surface area (Å²) in [5.41, 5.74) is 3.86. The third-order valence-electron chi connectivity index (χ3n) is 5.90. The number of rotatable bonds is 2. The van der Waals surface area contributed by atoms with Crippen molar-refractivity contribution >= 4 is 23.7 Å². The number of nitrogens with one attached hydrogen (secondary N) is 1. The van der Waals surface area contributed by atoms with Gasteiger partial charge in [-0.1, -0.05) is 42.5 Å². The van der Waals surface area contributed by atoms with E-state index in [9.17, 15) is 4.79 Å². The number of fused-ring (bicyclic) bond motifs is 2. The van der Waals surface area contributed by atoms with Crippen LogP contribution in [-0.2, 0) is 15.3 Å². The lowest BCUT2D eigenvalue weighted by atomic mass is 9.81. The summed E-state index contributed by atoms with van der Waals surface area (Å²) in [7, 11) is 1.50. The number of hydrogen-bond donors (Lipinski definition) is 1. The van der Waals surface area contributed by atoms with Crippen molar-refractivity contribution in [3.8, 4) is 0 Å². The van der Waals surface area contributed by atoms with Gasteiger partial charge in [0.1, 0.15) is 6.54 Å². The van der Waals surface area contributed by atoms with Gasteiger partial charge in [-0.15, -0.1) is 11.8 Å². The maximum atomic E-state index is 12.8. The van der Waals surface area contributed by atoms with Crippen molar-refractivity contribution in [1.82, 2.24) is 9.80 Å². The topological polar surface area (TPSA) is 56.6 Å². The molecule has 2 aromatic carbocycles. The summed E-state index contributed by atoms with van der Waals surface area (Å²) < 4.78 is 5.30. The number of thioether (sulfide) groups is 1. The van der Waals surface area contributed by atoms with Crippen molar-refractivity contribution in [2.24, 2.45) is 0 Å². The maximum absolute atomic E-state index is 12.8. The first-order chi connectivity index (χ1) is 14.0. The summed E-state index contributed by atoms with van der Waals surface area (Å²) >= 11 is 1.86. The van der Waals surface area contributed by atoms with Crippen molar-refractivity contribution in [2.45, 2.75) is 42.5 Å². The Kier molecular flexibility index (Phi) is 5.54. The number of amides is 1. The van der Waals surface area contributed by atoms with Crippen molar-refractivity contribution in [1.29, 1.82) is 5.41 Å². The van der Waals surface area contributed by atoms with Crippen LogP contribution in [0.4, 0.5) is 0 Å². The van der Waals surface area contributed by atoms with E-state index in [1.807, 2.05) is 21.6 Å². The van der Waals surface area contributed by atoms with E-state index >= 15 is 0 Å². The first-order valence-corrected chi connectivity index (χ1v) is 11.0. The Morgan fingerprint density at radius 1 is 1.14 bits per heavy atom. The van der Waals surface area contributed by atoms with E-state index in [0.717, 1.165) is 5.75 Å². The van der Waals surface area contributed by atoms with Gasteiger partial charge in [-0.25, -0.2) is 0 Å². The number of ether oxygens (including phenoxy) is 1. The summed E-state index contributed by atoms with van der Waals surface area (Å²) in [5, 5.41) is 8.39. The van der Waals surface area contributed by atoms with Gasteiger partial charge in [0.05, 0.1) is 13.2 Å². The minimum absolute atomic E-state index is 0.0441. The standard InChI is InChI=1S/C23H27N3O2S/c1-15(2)25-12-19(26(13-21(25)27)23(24)28-3)22-17-9-5-4-8-16(17)14-29-20-11-7-6-10-18(20)22/h4-11,15,19,22,24H,12-14H2,1-3H3. The Hall–Kier alpha value is -2.47. The molecule has 0 radical (unpaired) electrons. The van der Waals surface area contributed by atoms with Crippen LogP contribution in [0, 0.1) is 5.41 Å². The molecule has 2 aliphatic heterocycles. The summed E-state index contributed by atoms with van der Waals surface area (Å²) in [6, 6.07) is 17.2. The van der Waals surface area contributed by atoms with Gasteiger partial charge < -0.3 is 14.5 Å². The molecule has 0 spiro atoms. The van der Waals surface area contributed by atoms with Crippen molar-refractivity contribution in [3.63, 3.8) is 0 Å². The molecule has 4 rings (SSSR count). The number of carbonyl (C=O) groups is 1. The minimum atomic E-state index is -0.0662. The van der Waals surface area contributed by atoms with Gasteiger partial charge in [-0.05, 0) is 36.6 Å². The lowest BCUT2D eigenvalue weighted by Gasteiger charge is -2.46. The highest BCUT2D eigenvalue weighted by Crippen LogP contribution is 2.44. The van der Waals surface area contributed by atoms with Crippen LogP contribution < -0.4 is 0 Å². The molecule has 29 heavy (non-hydrogen) atoms. The Morgan fingerprint density at radius 2 is 1.83 bits per heavy atom. The molecular weight excluding hydrogens is 382 g/mol. The zero-order valence-electron chi connectivity index (χ0n) is 17.1. The fraction of sp³-hybridized carbons (Fsp3) is 0.391. The summed E-state index contributed by atoms with van der Waals surface area (Å²) in [6.45, 7) is 4.85. The SMILES string of the molecule is COC(=N)N1CC(=O)N(C(C)C)CC1C1c2ccccc2CSc2ccccc21. The summed E-state index contributed by atoms with van der Waals surface area (Å²) in [5.74, 6) is 1.02. The van der Waals surface area contributed by atoms with Crippen LogP contribution in [0.2, 0.25) is 0 Å². The normalized spacial score (nSPS) is 21.4. The Bertz CT molecular complexity index is 882. The van der Waals surface area contributed by atoms with E-state index in [0.29, 0.717) is 6.54 Å². The molecule has 5 nitrogen and oxygen atoms in total. The molecule has 2 aliphatic rings. The highest BCUT2D eigenvalue weighted by molar-refractivity contribution is 7.98. The van der Waals surface area contributed by atoms with Crippen LogP contribution in [0.25, 0.3) is 0 Å². The molecule has 1 N–H and O–H groups in total. The molecular formula is C23H27N3O2S. The van der Waals surface area contributed by atoms with E-state index in [-0.39, 0.29) is 36.5 Å². The molecule has 2 atom stereocenters. The second-order valence-electron chi connectivity index (χ2n) is 7.85. The molecule has 152 valence electrons. The van der Waals surface area contributed by atoms with E-state index in [1.165, 1.54) is 28.7 Å². The van der Waals surface area contributed by atoms with Gasteiger partial charge in [0, 0.05) is 29.2 Å².